The second-order valence-electron chi connectivity index (χ2n) is 6.37. The van der Waals surface area contributed by atoms with Crippen LogP contribution in [0.25, 0.3) is 0 Å². The van der Waals surface area contributed by atoms with Gasteiger partial charge in [0.2, 0.25) is 11.8 Å². The molecule has 1 aliphatic rings. The van der Waals surface area contributed by atoms with E-state index in [1.807, 2.05) is 19.0 Å². The van der Waals surface area contributed by atoms with Gasteiger partial charge in [0.25, 0.3) is 0 Å². The molecule has 144 valence electrons. The van der Waals surface area contributed by atoms with E-state index in [2.05, 4.69) is 5.32 Å². The van der Waals surface area contributed by atoms with Crippen LogP contribution >= 0.6 is 11.8 Å². The summed E-state index contributed by atoms with van der Waals surface area (Å²) in [6, 6.07) is 4.73. The molecule has 0 saturated carbocycles. The van der Waals surface area contributed by atoms with Crippen LogP contribution in [0.5, 0.6) is 0 Å². The minimum absolute atomic E-state index is 0.116. The van der Waals surface area contributed by atoms with Crippen molar-refractivity contribution in [2.75, 3.05) is 33.7 Å². The first-order valence-electron chi connectivity index (χ1n) is 8.14. The Balaban J connectivity index is 2.08. The van der Waals surface area contributed by atoms with E-state index in [1.54, 1.807) is 6.92 Å². The van der Waals surface area contributed by atoms with Gasteiger partial charge in [0, 0.05) is 13.1 Å². The third-order valence-corrected chi connectivity index (χ3v) is 5.36. The lowest BCUT2D eigenvalue weighted by Gasteiger charge is -2.24. The lowest BCUT2D eigenvalue weighted by Crippen LogP contribution is -2.41. The number of carbonyl (C=O) groups is 2. The molecule has 1 aliphatic heterocycles. The second kappa shape index (κ2) is 8.30. The van der Waals surface area contributed by atoms with E-state index in [0.29, 0.717) is 18.7 Å². The molecule has 1 saturated heterocycles. The Labute approximate surface area is 154 Å². The number of thioether (sulfide) groups is 1. The summed E-state index contributed by atoms with van der Waals surface area (Å²) in [4.78, 5) is 27.8. The molecule has 0 spiro atoms. The van der Waals surface area contributed by atoms with Gasteiger partial charge in [-0.15, -0.1) is 11.8 Å². The van der Waals surface area contributed by atoms with Crippen LogP contribution in [0.3, 0.4) is 0 Å². The first-order chi connectivity index (χ1) is 12.1. The highest BCUT2D eigenvalue weighted by Gasteiger charge is 2.39. The maximum absolute atomic E-state index is 12.7. The highest BCUT2D eigenvalue weighted by Crippen LogP contribution is 2.43. The largest absolute Gasteiger partial charge is 0.416 e. The lowest BCUT2D eigenvalue weighted by atomic mass is 10.1. The molecule has 1 heterocycles. The van der Waals surface area contributed by atoms with Crippen molar-refractivity contribution in [3.05, 3.63) is 35.4 Å². The van der Waals surface area contributed by atoms with Crippen LogP contribution in [0.1, 0.15) is 23.4 Å². The van der Waals surface area contributed by atoms with Crippen molar-refractivity contribution in [3.8, 4) is 0 Å². The molecule has 1 aromatic carbocycles. The average Bonchev–Trinajstić information content (AvgIpc) is 2.82. The first-order valence-corrected chi connectivity index (χ1v) is 9.08. The van der Waals surface area contributed by atoms with E-state index < -0.39 is 17.1 Å². The Morgan fingerprint density at radius 2 is 1.88 bits per heavy atom. The van der Waals surface area contributed by atoms with Gasteiger partial charge in [-0.3, -0.25) is 9.59 Å². The van der Waals surface area contributed by atoms with Crippen molar-refractivity contribution in [1.29, 1.82) is 0 Å². The van der Waals surface area contributed by atoms with Crippen LogP contribution < -0.4 is 5.32 Å². The monoisotopic (exact) mass is 389 g/mol. The summed E-state index contributed by atoms with van der Waals surface area (Å²) in [7, 11) is 3.77. The Bertz CT molecular complexity index is 650. The summed E-state index contributed by atoms with van der Waals surface area (Å²) >= 11 is 1.33. The number of hydrogen-bond acceptors (Lipinski definition) is 4. The molecule has 2 amide bonds. The van der Waals surface area contributed by atoms with Crippen LogP contribution in [0.4, 0.5) is 13.2 Å². The summed E-state index contributed by atoms with van der Waals surface area (Å²) in [6.45, 7) is 2.75. The molecule has 9 heteroatoms. The zero-order chi connectivity index (χ0) is 19.5. The molecule has 0 aliphatic carbocycles. The Morgan fingerprint density at radius 1 is 1.27 bits per heavy atom. The number of nitrogens with one attached hydrogen (secondary N) is 1. The number of carbonyl (C=O) groups excluding carboxylic acids is 2. The Kier molecular flexibility index (Phi) is 6.57. The smallest absolute Gasteiger partial charge is 0.353 e. The van der Waals surface area contributed by atoms with Gasteiger partial charge in [-0.25, -0.2) is 0 Å². The van der Waals surface area contributed by atoms with Crippen LogP contribution in [0, 0.1) is 0 Å². The first kappa shape index (κ1) is 20.6. The number of nitrogens with zero attached hydrogens (tertiary/aromatic N) is 2. The van der Waals surface area contributed by atoms with Gasteiger partial charge in [0.1, 0.15) is 11.9 Å². The van der Waals surface area contributed by atoms with Crippen molar-refractivity contribution in [3.63, 3.8) is 0 Å². The number of benzene rings is 1. The normalized spacial score (nSPS) is 20.7. The van der Waals surface area contributed by atoms with Crippen molar-refractivity contribution < 1.29 is 22.8 Å². The van der Waals surface area contributed by atoms with Crippen LogP contribution in [-0.4, -0.2) is 60.6 Å². The third-order valence-electron chi connectivity index (χ3n) is 3.97. The topological polar surface area (TPSA) is 52.7 Å². The number of halogens is 3. The van der Waals surface area contributed by atoms with Gasteiger partial charge >= 0.3 is 6.18 Å². The van der Waals surface area contributed by atoms with Gasteiger partial charge in [0.05, 0.1) is 10.8 Å². The molecule has 5 nitrogen and oxygen atoms in total. The van der Waals surface area contributed by atoms with Crippen LogP contribution in [0.15, 0.2) is 24.3 Å². The molecule has 1 aromatic rings. The molecule has 0 aromatic heterocycles. The van der Waals surface area contributed by atoms with Crippen molar-refractivity contribution in [2.24, 2.45) is 0 Å². The standard InChI is InChI=1S/C17H22F3N3O2S/c1-11-15(25)23(10-14(24)21-8-9-22(2)3)16(26-11)12-4-6-13(7-5-12)17(18,19)20/h4-7,11,16H,8-10H2,1-3H3,(H,21,24)/t11-,16+/m0/s1. The van der Waals surface area contributed by atoms with Gasteiger partial charge in [-0.1, -0.05) is 12.1 Å². The van der Waals surface area contributed by atoms with Gasteiger partial charge in [0.15, 0.2) is 0 Å². The lowest BCUT2D eigenvalue weighted by molar-refractivity contribution is -0.137. The van der Waals surface area contributed by atoms with Crippen molar-refractivity contribution in [2.45, 2.75) is 23.7 Å². The van der Waals surface area contributed by atoms with Gasteiger partial charge < -0.3 is 15.1 Å². The van der Waals surface area contributed by atoms with E-state index >= 15 is 0 Å². The molecular formula is C17H22F3N3O2S. The quantitative estimate of drug-likeness (QED) is 0.812. The molecule has 0 unspecified atom stereocenters. The number of rotatable bonds is 6. The Hall–Kier alpha value is -1.74. The van der Waals surface area contributed by atoms with E-state index in [-0.39, 0.29) is 23.6 Å². The minimum Gasteiger partial charge on any atom is -0.353 e. The summed E-state index contributed by atoms with van der Waals surface area (Å²) in [5.41, 5.74) is -0.168. The maximum Gasteiger partial charge on any atom is 0.416 e. The van der Waals surface area contributed by atoms with E-state index in [9.17, 15) is 22.8 Å². The Morgan fingerprint density at radius 3 is 2.42 bits per heavy atom. The predicted molar refractivity (Wildman–Crippen MR) is 94.5 cm³/mol. The molecular weight excluding hydrogens is 367 g/mol. The highest BCUT2D eigenvalue weighted by molar-refractivity contribution is 8.01. The fourth-order valence-corrected chi connectivity index (χ4v) is 3.84. The van der Waals surface area contributed by atoms with Crippen LogP contribution in [0.2, 0.25) is 0 Å². The fraction of sp³-hybridized carbons (Fsp3) is 0.529. The summed E-state index contributed by atoms with van der Waals surface area (Å²) in [5, 5.41) is 1.92. The molecule has 0 radical (unpaired) electrons. The number of likely N-dealkylation sites (N-methyl/N-ethyl adjacent to an activating group) is 1. The van der Waals surface area contributed by atoms with E-state index in [1.165, 1.54) is 28.8 Å². The average molecular weight is 389 g/mol. The van der Waals surface area contributed by atoms with E-state index in [4.69, 9.17) is 0 Å². The minimum atomic E-state index is -4.41. The second-order valence-corrected chi connectivity index (χ2v) is 7.80. The SMILES string of the molecule is C[C@@H]1S[C@H](c2ccc(C(F)(F)F)cc2)N(CC(=O)NCCN(C)C)C1=O. The number of hydrogen-bond donors (Lipinski definition) is 1. The molecule has 2 atom stereocenters. The summed E-state index contributed by atoms with van der Waals surface area (Å²) in [6.07, 6.45) is -4.41. The van der Waals surface area contributed by atoms with E-state index in [0.717, 1.165) is 12.1 Å². The summed E-state index contributed by atoms with van der Waals surface area (Å²) in [5.74, 6) is -0.477. The molecule has 26 heavy (non-hydrogen) atoms. The number of amides is 2. The fourth-order valence-electron chi connectivity index (χ4n) is 2.56. The summed E-state index contributed by atoms with van der Waals surface area (Å²) < 4.78 is 38.2. The molecule has 1 fully saturated rings. The number of alkyl halides is 3. The maximum atomic E-state index is 12.7. The van der Waals surface area contributed by atoms with Gasteiger partial charge in [-0.05, 0) is 38.7 Å². The van der Waals surface area contributed by atoms with Crippen molar-refractivity contribution >= 4 is 23.6 Å². The zero-order valence-electron chi connectivity index (χ0n) is 14.8. The van der Waals surface area contributed by atoms with Crippen LogP contribution in [-0.2, 0) is 15.8 Å². The third kappa shape index (κ3) is 5.14. The van der Waals surface area contributed by atoms with Gasteiger partial charge in [-0.2, -0.15) is 13.2 Å². The molecule has 2 rings (SSSR count). The molecule has 0 bridgehead atoms. The van der Waals surface area contributed by atoms with Crippen molar-refractivity contribution in [1.82, 2.24) is 15.1 Å². The molecule has 1 N–H and O–H groups in total. The predicted octanol–water partition coefficient (Wildman–Crippen LogP) is 2.35. The zero-order valence-corrected chi connectivity index (χ0v) is 15.7. The highest BCUT2D eigenvalue weighted by atomic mass is 32.2.